The minimum absolute atomic E-state index is 0.0321. The molecule has 0 spiro atoms. The first-order valence-corrected chi connectivity index (χ1v) is 9.22. The van der Waals surface area contributed by atoms with E-state index in [0.717, 1.165) is 18.4 Å². The molecule has 2 heterocycles. The Balaban J connectivity index is 1.53. The molecule has 126 valence electrons. The Kier molecular flexibility index (Phi) is 5.30. The zero-order chi connectivity index (χ0) is 16.8. The molecule has 24 heavy (non-hydrogen) atoms. The van der Waals surface area contributed by atoms with Crippen LogP contribution in [0.25, 0.3) is 0 Å². The second-order valence-electron chi connectivity index (χ2n) is 6.40. The van der Waals surface area contributed by atoms with Crippen LogP contribution in [0.4, 0.5) is 0 Å². The summed E-state index contributed by atoms with van der Waals surface area (Å²) >= 11 is 1.66. The average Bonchev–Trinajstić information content (AvgIpc) is 3.23. The molecule has 0 radical (unpaired) electrons. The molecule has 1 fully saturated rings. The van der Waals surface area contributed by atoms with Crippen molar-refractivity contribution < 1.29 is 9.59 Å². The van der Waals surface area contributed by atoms with E-state index < -0.39 is 0 Å². The monoisotopic (exact) mass is 342 g/mol. The van der Waals surface area contributed by atoms with Gasteiger partial charge in [-0.2, -0.15) is 11.3 Å². The number of amides is 2. The van der Waals surface area contributed by atoms with Gasteiger partial charge >= 0.3 is 0 Å². The first kappa shape index (κ1) is 16.7. The van der Waals surface area contributed by atoms with Gasteiger partial charge in [0.1, 0.15) is 0 Å². The molecule has 0 saturated carbocycles. The fourth-order valence-electron chi connectivity index (χ4n) is 3.20. The highest BCUT2D eigenvalue weighted by Crippen LogP contribution is 2.30. The molecule has 1 aliphatic heterocycles. The first-order chi connectivity index (χ1) is 11.7. The maximum absolute atomic E-state index is 12.2. The predicted molar refractivity (Wildman–Crippen MR) is 95.7 cm³/mol. The summed E-state index contributed by atoms with van der Waals surface area (Å²) in [5.41, 5.74) is 2.04. The number of benzene rings is 1. The van der Waals surface area contributed by atoms with E-state index in [9.17, 15) is 9.59 Å². The van der Waals surface area contributed by atoms with Crippen LogP contribution in [0.2, 0.25) is 0 Å². The quantitative estimate of drug-likeness (QED) is 0.812. The summed E-state index contributed by atoms with van der Waals surface area (Å²) in [6.45, 7) is 0.545. The Morgan fingerprint density at radius 1 is 1.21 bits per heavy atom. The number of nitrogens with one attached hydrogen (secondary N) is 2. The Labute approximate surface area is 146 Å². The van der Waals surface area contributed by atoms with E-state index in [1.165, 1.54) is 5.56 Å². The minimum Gasteiger partial charge on any atom is -0.352 e. The number of carbonyl (C=O) groups is 2. The van der Waals surface area contributed by atoms with Crippen molar-refractivity contribution in [3.05, 3.63) is 58.3 Å². The molecule has 0 bridgehead atoms. The Hall–Kier alpha value is -2.14. The molecule has 1 aromatic heterocycles. The van der Waals surface area contributed by atoms with Crippen LogP contribution >= 0.6 is 11.3 Å². The standard InChI is InChI=1S/C19H22N2O2S/c22-17(20-13-15-4-2-1-3-5-15)6-9-19(10-7-18(23)21-19)12-16-8-11-24-14-16/h1-5,8,11,14H,6-7,9-10,12-13H2,(H,20,22)(H,21,23). The van der Waals surface area contributed by atoms with Gasteiger partial charge in [0.25, 0.3) is 0 Å². The van der Waals surface area contributed by atoms with Gasteiger partial charge in [0.2, 0.25) is 11.8 Å². The van der Waals surface area contributed by atoms with Crippen LogP contribution in [0.5, 0.6) is 0 Å². The minimum atomic E-state index is -0.276. The molecule has 1 aromatic carbocycles. The summed E-state index contributed by atoms with van der Waals surface area (Å²) in [6.07, 6.45) is 3.25. The maximum Gasteiger partial charge on any atom is 0.220 e. The van der Waals surface area contributed by atoms with E-state index >= 15 is 0 Å². The summed E-state index contributed by atoms with van der Waals surface area (Å²) in [6, 6.07) is 12.0. The van der Waals surface area contributed by atoms with Gasteiger partial charge in [-0.1, -0.05) is 30.3 Å². The highest BCUT2D eigenvalue weighted by Gasteiger charge is 2.37. The van der Waals surface area contributed by atoms with Gasteiger partial charge in [-0.15, -0.1) is 0 Å². The van der Waals surface area contributed by atoms with Crippen molar-refractivity contribution in [3.8, 4) is 0 Å². The lowest BCUT2D eigenvalue weighted by atomic mass is 9.85. The van der Waals surface area contributed by atoms with Crippen LogP contribution in [-0.4, -0.2) is 17.4 Å². The molecule has 1 saturated heterocycles. The number of rotatable bonds is 7. The largest absolute Gasteiger partial charge is 0.352 e. The second kappa shape index (κ2) is 7.62. The van der Waals surface area contributed by atoms with E-state index in [0.29, 0.717) is 25.8 Å². The summed E-state index contributed by atoms with van der Waals surface area (Å²) in [4.78, 5) is 23.9. The van der Waals surface area contributed by atoms with Gasteiger partial charge in [0.05, 0.1) is 0 Å². The van der Waals surface area contributed by atoms with Crippen LogP contribution in [0, 0.1) is 0 Å². The summed E-state index contributed by atoms with van der Waals surface area (Å²) in [5.74, 6) is 0.125. The number of hydrogen-bond acceptors (Lipinski definition) is 3. The molecular formula is C19H22N2O2S. The van der Waals surface area contributed by atoms with Crippen molar-refractivity contribution in [2.75, 3.05) is 0 Å². The summed E-state index contributed by atoms with van der Waals surface area (Å²) < 4.78 is 0. The average molecular weight is 342 g/mol. The van der Waals surface area contributed by atoms with E-state index in [1.54, 1.807) is 11.3 Å². The second-order valence-corrected chi connectivity index (χ2v) is 7.18. The van der Waals surface area contributed by atoms with Gasteiger partial charge in [-0.3, -0.25) is 9.59 Å². The van der Waals surface area contributed by atoms with E-state index in [4.69, 9.17) is 0 Å². The van der Waals surface area contributed by atoms with Gasteiger partial charge in [-0.05, 0) is 47.2 Å². The molecule has 1 aliphatic rings. The van der Waals surface area contributed by atoms with Crippen molar-refractivity contribution in [1.82, 2.24) is 10.6 Å². The lowest BCUT2D eigenvalue weighted by Crippen LogP contribution is -2.44. The molecule has 4 nitrogen and oxygen atoms in total. The van der Waals surface area contributed by atoms with Crippen molar-refractivity contribution in [2.24, 2.45) is 0 Å². The van der Waals surface area contributed by atoms with Gasteiger partial charge in [-0.25, -0.2) is 0 Å². The SMILES string of the molecule is O=C(CCC1(Cc2ccsc2)CCC(=O)N1)NCc1ccccc1. The van der Waals surface area contributed by atoms with Crippen LogP contribution in [0.1, 0.15) is 36.8 Å². The zero-order valence-electron chi connectivity index (χ0n) is 13.6. The predicted octanol–water partition coefficient (Wildman–Crippen LogP) is 3.04. The summed E-state index contributed by atoms with van der Waals surface area (Å²) in [5, 5.41) is 10.2. The van der Waals surface area contributed by atoms with Crippen LogP contribution in [-0.2, 0) is 22.6 Å². The normalized spacial score (nSPS) is 19.9. The zero-order valence-corrected chi connectivity index (χ0v) is 14.4. The van der Waals surface area contributed by atoms with Gasteiger partial charge in [0, 0.05) is 24.9 Å². The Bertz CT molecular complexity index is 685. The van der Waals surface area contributed by atoms with E-state index in [2.05, 4.69) is 22.1 Å². The van der Waals surface area contributed by atoms with Crippen molar-refractivity contribution in [2.45, 2.75) is 44.2 Å². The smallest absolute Gasteiger partial charge is 0.220 e. The summed E-state index contributed by atoms with van der Waals surface area (Å²) in [7, 11) is 0. The number of carbonyl (C=O) groups excluding carboxylic acids is 2. The van der Waals surface area contributed by atoms with E-state index in [1.807, 2.05) is 35.7 Å². The molecule has 2 N–H and O–H groups in total. The van der Waals surface area contributed by atoms with Crippen LogP contribution in [0.3, 0.4) is 0 Å². The maximum atomic E-state index is 12.2. The van der Waals surface area contributed by atoms with Crippen molar-refractivity contribution >= 4 is 23.2 Å². The Morgan fingerprint density at radius 2 is 2.04 bits per heavy atom. The van der Waals surface area contributed by atoms with E-state index in [-0.39, 0.29) is 17.4 Å². The third kappa shape index (κ3) is 4.45. The lowest BCUT2D eigenvalue weighted by molar-refractivity contribution is -0.122. The highest BCUT2D eigenvalue weighted by molar-refractivity contribution is 7.07. The molecule has 2 aromatic rings. The molecule has 5 heteroatoms. The fourth-order valence-corrected chi connectivity index (χ4v) is 3.87. The number of thiophene rings is 1. The molecule has 2 amide bonds. The molecule has 3 rings (SSSR count). The topological polar surface area (TPSA) is 58.2 Å². The lowest BCUT2D eigenvalue weighted by Gasteiger charge is -2.29. The highest BCUT2D eigenvalue weighted by atomic mass is 32.1. The molecule has 1 atom stereocenters. The fraction of sp³-hybridized carbons (Fsp3) is 0.368. The van der Waals surface area contributed by atoms with Crippen LogP contribution in [0.15, 0.2) is 47.2 Å². The Morgan fingerprint density at radius 3 is 2.71 bits per heavy atom. The molecule has 0 aliphatic carbocycles. The van der Waals surface area contributed by atoms with Gasteiger partial charge in [0.15, 0.2) is 0 Å². The first-order valence-electron chi connectivity index (χ1n) is 8.28. The van der Waals surface area contributed by atoms with Crippen LogP contribution < -0.4 is 10.6 Å². The molecular weight excluding hydrogens is 320 g/mol. The third-order valence-electron chi connectivity index (χ3n) is 4.52. The third-order valence-corrected chi connectivity index (χ3v) is 5.25. The van der Waals surface area contributed by atoms with Crippen molar-refractivity contribution in [1.29, 1.82) is 0 Å². The molecule has 1 unspecified atom stereocenters. The van der Waals surface area contributed by atoms with Crippen molar-refractivity contribution in [3.63, 3.8) is 0 Å². The van der Waals surface area contributed by atoms with Gasteiger partial charge < -0.3 is 10.6 Å². The number of hydrogen-bond donors (Lipinski definition) is 2.